The molecule has 1 amide bonds. The van der Waals surface area contributed by atoms with Crippen molar-refractivity contribution in [1.82, 2.24) is 4.90 Å². The molecule has 2 rings (SSSR count). The number of hydrogen-bond acceptors (Lipinski definition) is 3. The SMILES string of the molecule is CCC(/C=C/C(=O)N1CCCCC1)=C\c1ccc(OC)c(OC)c1. The first-order valence-corrected chi connectivity index (χ1v) is 8.57. The average Bonchev–Trinajstić information content (AvgIpc) is 2.65. The summed E-state index contributed by atoms with van der Waals surface area (Å²) in [4.78, 5) is 14.2. The van der Waals surface area contributed by atoms with Gasteiger partial charge in [-0.05, 0) is 49.0 Å². The molecule has 4 heteroatoms. The van der Waals surface area contributed by atoms with Gasteiger partial charge in [0.15, 0.2) is 11.5 Å². The van der Waals surface area contributed by atoms with E-state index in [1.54, 1.807) is 20.3 Å². The normalized spacial score (nSPS) is 15.6. The smallest absolute Gasteiger partial charge is 0.246 e. The molecule has 4 nitrogen and oxygen atoms in total. The molecule has 1 aliphatic rings. The number of allylic oxidation sites excluding steroid dienone is 2. The Balaban J connectivity index is 2.10. The Bertz CT molecular complexity index is 613. The number of likely N-dealkylation sites (tertiary alicyclic amines) is 1. The molecule has 1 aromatic carbocycles. The fourth-order valence-corrected chi connectivity index (χ4v) is 2.82. The van der Waals surface area contributed by atoms with Gasteiger partial charge in [-0.2, -0.15) is 0 Å². The van der Waals surface area contributed by atoms with Crippen LogP contribution < -0.4 is 9.47 Å². The van der Waals surface area contributed by atoms with E-state index in [1.165, 1.54) is 6.42 Å². The lowest BCUT2D eigenvalue weighted by Crippen LogP contribution is -2.34. The van der Waals surface area contributed by atoms with Gasteiger partial charge in [0.2, 0.25) is 5.91 Å². The Morgan fingerprint density at radius 1 is 1.08 bits per heavy atom. The maximum absolute atomic E-state index is 12.2. The van der Waals surface area contributed by atoms with Crippen LogP contribution in [0.4, 0.5) is 0 Å². The van der Waals surface area contributed by atoms with Crippen LogP contribution in [-0.2, 0) is 4.79 Å². The standard InChI is InChI=1S/C20H27NO3/c1-4-16(9-11-20(22)21-12-6-5-7-13-21)14-17-8-10-18(23-2)19(15-17)24-3/h8-11,14-15H,4-7,12-13H2,1-3H3/b11-9+,16-14+. The minimum Gasteiger partial charge on any atom is -0.493 e. The number of ether oxygens (including phenoxy) is 2. The molecule has 0 N–H and O–H groups in total. The van der Waals surface area contributed by atoms with Gasteiger partial charge in [-0.15, -0.1) is 0 Å². The molecular formula is C20H27NO3. The molecule has 0 aromatic heterocycles. The summed E-state index contributed by atoms with van der Waals surface area (Å²) in [5.74, 6) is 1.53. The Kier molecular flexibility index (Phi) is 6.91. The molecule has 0 unspecified atom stereocenters. The minimum atomic E-state index is 0.112. The van der Waals surface area contributed by atoms with E-state index in [4.69, 9.17) is 9.47 Å². The lowest BCUT2D eigenvalue weighted by Gasteiger charge is -2.25. The van der Waals surface area contributed by atoms with Crippen LogP contribution in [-0.4, -0.2) is 38.1 Å². The molecule has 1 aromatic rings. The molecule has 1 aliphatic heterocycles. The number of benzene rings is 1. The lowest BCUT2D eigenvalue weighted by molar-refractivity contribution is -0.126. The van der Waals surface area contributed by atoms with Crippen molar-refractivity contribution in [2.75, 3.05) is 27.3 Å². The summed E-state index contributed by atoms with van der Waals surface area (Å²) >= 11 is 0. The summed E-state index contributed by atoms with van der Waals surface area (Å²) in [7, 11) is 3.25. The number of piperidine rings is 1. The second kappa shape index (κ2) is 9.16. The highest BCUT2D eigenvalue weighted by Crippen LogP contribution is 2.28. The van der Waals surface area contributed by atoms with Gasteiger partial charge in [0.1, 0.15) is 0 Å². The number of carbonyl (C=O) groups excluding carboxylic acids is 1. The van der Waals surface area contributed by atoms with Crippen LogP contribution in [0.5, 0.6) is 11.5 Å². The van der Waals surface area contributed by atoms with E-state index in [2.05, 4.69) is 13.0 Å². The van der Waals surface area contributed by atoms with Crippen LogP contribution in [0.25, 0.3) is 6.08 Å². The van der Waals surface area contributed by atoms with Gasteiger partial charge in [0.25, 0.3) is 0 Å². The molecule has 0 bridgehead atoms. The van der Waals surface area contributed by atoms with Gasteiger partial charge in [0.05, 0.1) is 14.2 Å². The van der Waals surface area contributed by atoms with Gasteiger partial charge in [-0.1, -0.05) is 25.1 Å². The summed E-state index contributed by atoms with van der Waals surface area (Å²) in [5, 5.41) is 0. The van der Waals surface area contributed by atoms with Crippen molar-refractivity contribution in [1.29, 1.82) is 0 Å². The highest BCUT2D eigenvalue weighted by Gasteiger charge is 2.13. The van der Waals surface area contributed by atoms with Gasteiger partial charge >= 0.3 is 0 Å². The summed E-state index contributed by atoms with van der Waals surface area (Å²) in [5.41, 5.74) is 2.13. The van der Waals surface area contributed by atoms with Crippen molar-refractivity contribution in [3.05, 3.63) is 41.5 Å². The number of nitrogens with zero attached hydrogens (tertiary/aromatic N) is 1. The Hall–Kier alpha value is -2.23. The molecule has 0 atom stereocenters. The highest BCUT2D eigenvalue weighted by molar-refractivity contribution is 5.88. The van der Waals surface area contributed by atoms with Crippen LogP contribution in [0.2, 0.25) is 0 Å². The van der Waals surface area contributed by atoms with Crippen molar-refractivity contribution >= 4 is 12.0 Å². The summed E-state index contributed by atoms with van der Waals surface area (Å²) in [6, 6.07) is 5.81. The van der Waals surface area contributed by atoms with Crippen LogP contribution in [0.15, 0.2) is 35.9 Å². The van der Waals surface area contributed by atoms with E-state index >= 15 is 0 Å². The van der Waals surface area contributed by atoms with Crippen molar-refractivity contribution in [3.8, 4) is 11.5 Å². The molecule has 1 saturated heterocycles. The fraction of sp³-hybridized carbons (Fsp3) is 0.450. The first kappa shape index (κ1) is 18.1. The summed E-state index contributed by atoms with van der Waals surface area (Å²) < 4.78 is 10.6. The van der Waals surface area contributed by atoms with Crippen LogP contribution >= 0.6 is 0 Å². The zero-order chi connectivity index (χ0) is 17.4. The Labute approximate surface area is 144 Å². The third-order valence-electron chi connectivity index (χ3n) is 4.28. The average molecular weight is 329 g/mol. The van der Waals surface area contributed by atoms with Gasteiger partial charge < -0.3 is 14.4 Å². The van der Waals surface area contributed by atoms with Crippen LogP contribution in [0.3, 0.4) is 0 Å². The van der Waals surface area contributed by atoms with E-state index < -0.39 is 0 Å². The molecule has 130 valence electrons. The number of carbonyl (C=O) groups is 1. The minimum absolute atomic E-state index is 0.112. The monoisotopic (exact) mass is 329 g/mol. The van der Waals surface area contributed by atoms with E-state index in [1.807, 2.05) is 29.2 Å². The third-order valence-corrected chi connectivity index (χ3v) is 4.28. The van der Waals surface area contributed by atoms with E-state index in [0.29, 0.717) is 11.5 Å². The molecule has 0 saturated carbocycles. The highest BCUT2D eigenvalue weighted by atomic mass is 16.5. The maximum Gasteiger partial charge on any atom is 0.246 e. The van der Waals surface area contributed by atoms with Crippen molar-refractivity contribution in [3.63, 3.8) is 0 Å². The Morgan fingerprint density at radius 2 is 1.79 bits per heavy atom. The van der Waals surface area contributed by atoms with Crippen LogP contribution in [0, 0.1) is 0 Å². The fourth-order valence-electron chi connectivity index (χ4n) is 2.82. The predicted molar refractivity (Wildman–Crippen MR) is 97.4 cm³/mol. The molecular weight excluding hydrogens is 302 g/mol. The van der Waals surface area contributed by atoms with E-state index in [9.17, 15) is 4.79 Å². The van der Waals surface area contributed by atoms with Crippen molar-refractivity contribution in [2.45, 2.75) is 32.6 Å². The molecule has 0 aliphatic carbocycles. The zero-order valence-corrected chi connectivity index (χ0v) is 14.9. The maximum atomic E-state index is 12.2. The largest absolute Gasteiger partial charge is 0.493 e. The van der Waals surface area contributed by atoms with Gasteiger partial charge in [-0.25, -0.2) is 0 Å². The first-order valence-electron chi connectivity index (χ1n) is 8.57. The van der Waals surface area contributed by atoms with Crippen molar-refractivity contribution < 1.29 is 14.3 Å². The topological polar surface area (TPSA) is 38.8 Å². The summed E-state index contributed by atoms with van der Waals surface area (Å²) in [6.07, 6.45) is 10.0. The van der Waals surface area contributed by atoms with E-state index in [-0.39, 0.29) is 5.91 Å². The summed E-state index contributed by atoms with van der Waals surface area (Å²) in [6.45, 7) is 3.84. The second-order valence-electron chi connectivity index (χ2n) is 5.91. The molecule has 0 radical (unpaired) electrons. The number of hydrogen-bond donors (Lipinski definition) is 0. The molecule has 1 heterocycles. The molecule has 0 spiro atoms. The van der Waals surface area contributed by atoms with Gasteiger partial charge in [0, 0.05) is 19.2 Å². The van der Waals surface area contributed by atoms with Gasteiger partial charge in [-0.3, -0.25) is 4.79 Å². The lowest BCUT2D eigenvalue weighted by atomic mass is 10.1. The number of amides is 1. The van der Waals surface area contributed by atoms with Crippen LogP contribution in [0.1, 0.15) is 38.2 Å². The number of methoxy groups -OCH3 is 2. The predicted octanol–water partition coefficient (Wildman–Crippen LogP) is 4.07. The Morgan fingerprint density at radius 3 is 2.42 bits per heavy atom. The second-order valence-corrected chi connectivity index (χ2v) is 5.91. The first-order chi connectivity index (χ1) is 11.7. The third kappa shape index (κ3) is 4.88. The van der Waals surface area contributed by atoms with E-state index in [0.717, 1.165) is 43.5 Å². The molecule has 24 heavy (non-hydrogen) atoms. The molecule has 1 fully saturated rings. The number of rotatable bonds is 6. The van der Waals surface area contributed by atoms with Crippen molar-refractivity contribution in [2.24, 2.45) is 0 Å². The zero-order valence-electron chi connectivity index (χ0n) is 14.9. The quantitative estimate of drug-likeness (QED) is 0.583.